The highest BCUT2D eigenvalue weighted by molar-refractivity contribution is 6.63. The summed E-state index contributed by atoms with van der Waals surface area (Å²) < 4.78 is 0. The van der Waals surface area contributed by atoms with Gasteiger partial charge in [0, 0.05) is 18.5 Å². The minimum atomic E-state index is -0.411. The lowest BCUT2D eigenvalue weighted by Crippen LogP contribution is -2.24. The second-order valence-electron chi connectivity index (χ2n) is 3.26. The molecule has 0 aliphatic heterocycles. The molecule has 0 aliphatic carbocycles. The normalized spacial score (nSPS) is 9.81. The van der Waals surface area contributed by atoms with Crippen molar-refractivity contribution in [2.45, 2.75) is 12.8 Å². The number of carbonyl (C=O) groups is 2. The van der Waals surface area contributed by atoms with E-state index in [-0.39, 0.29) is 18.1 Å². The summed E-state index contributed by atoms with van der Waals surface area (Å²) in [6.07, 6.45) is 0.745. The lowest BCUT2D eigenvalue weighted by molar-refractivity contribution is -0.111. The second-order valence-corrected chi connectivity index (χ2v) is 3.69. The van der Waals surface area contributed by atoms with Crippen LogP contribution in [0, 0.1) is 0 Å². The number of hydrogen-bond donors (Lipinski definition) is 2. The van der Waals surface area contributed by atoms with Gasteiger partial charge in [0.2, 0.25) is 5.24 Å². The van der Waals surface area contributed by atoms with Crippen LogP contribution in [0.5, 0.6) is 5.75 Å². The number of nitrogens with one attached hydrogen (secondary N) is 1. The molecule has 0 saturated heterocycles. The summed E-state index contributed by atoms with van der Waals surface area (Å²) >= 11 is 5.15. The summed E-state index contributed by atoms with van der Waals surface area (Å²) in [6.45, 7) is 0.382. The zero-order chi connectivity index (χ0) is 12.0. The van der Waals surface area contributed by atoms with E-state index in [0.717, 1.165) is 0 Å². The van der Waals surface area contributed by atoms with Crippen LogP contribution < -0.4 is 5.32 Å². The number of rotatable bonds is 5. The molecule has 0 heterocycles. The first-order chi connectivity index (χ1) is 7.59. The van der Waals surface area contributed by atoms with Gasteiger partial charge in [-0.25, -0.2) is 0 Å². The van der Waals surface area contributed by atoms with Gasteiger partial charge in [0.1, 0.15) is 5.75 Å². The van der Waals surface area contributed by atoms with Crippen molar-refractivity contribution < 1.29 is 14.7 Å². The fourth-order valence-electron chi connectivity index (χ4n) is 1.18. The van der Waals surface area contributed by atoms with Crippen LogP contribution in [0.25, 0.3) is 0 Å². The number of amides is 1. The van der Waals surface area contributed by atoms with Gasteiger partial charge < -0.3 is 10.4 Å². The highest BCUT2D eigenvalue weighted by Crippen LogP contribution is 2.10. The molecule has 1 amide bonds. The van der Waals surface area contributed by atoms with Crippen molar-refractivity contribution in [2.24, 2.45) is 0 Å². The predicted molar refractivity (Wildman–Crippen MR) is 60.5 cm³/mol. The molecule has 0 radical (unpaired) electrons. The van der Waals surface area contributed by atoms with Crippen LogP contribution in [-0.2, 0) is 4.79 Å². The van der Waals surface area contributed by atoms with E-state index in [1.165, 1.54) is 12.1 Å². The van der Waals surface area contributed by atoms with Crippen molar-refractivity contribution >= 4 is 22.8 Å². The van der Waals surface area contributed by atoms with E-state index in [2.05, 4.69) is 5.32 Å². The molecule has 0 aromatic heterocycles. The minimum absolute atomic E-state index is 0.0450. The smallest absolute Gasteiger partial charge is 0.251 e. The summed E-state index contributed by atoms with van der Waals surface area (Å²) in [4.78, 5) is 21.9. The van der Waals surface area contributed by atoms with Crippen LogP contribution in [0.15, 0.2) is 24.3 Å². The summed E-state index contributed by atoms with van der Waals surface area (Å²) in [6, 6.07) is 6.05. The fourth-order valence-corrected chi connectivity index (χ4v) is 1.31. The summed E-state index contributed by atoms with van der Waals surface area (Å²) in [7, 11) is 0. The van der Waals surface area contributed by atoms with Crippen molar-refractivity contribution in [3.63, 3.8) is 0 Å². The van der Waals surface area contributed by atoms with E-state index in [0.29, 0.717) is 18.5 Å². The topological polar surface area (TPSA) is 66.4 Å². The van der Waals surface area contributed by atoms with Crippen LogP contribution in [-0.4, -0.2) is 22.8 Å². The number of carbonyl (C=O) groups excluding carboxylic acids is 2. The molecule has 0 bridgehead atoms. The van der Waals surface area contributed by atoms with Crippen molar-refractivity contribution in [3.05, 3.63) is 29.8 Å². The van der Waals surface area contributed by atoms with Gasteiger partial charge >= 0.3 is 0 Å². The number of phenols is 1. The third-order valence-electron chi connectivity index (χ3n) is 1.94. The highest BCUT2D eigenvalue weighted by Gasteiger charge is 2.05. The number of phenolic OH excluding ortho intramolecular Hbond substituents is 1. The van der Waals surface area contributed by atoms with Gasteiger partial charge in [-0.05, 0) is 36.2 Å². The number of halogens is 1. The van der Waals surface area contributed by atoms with Crippen LogP contribution in [0.1, 0.15) is 23.2 Å². The Morgan fingerprint density at radius 3 is 2.75 bits per heavy atom. The maximum atomic E-state index is 11.5. The maximum absolute atomic E-state index is 11.5. The third-order valence-corrected chi connectivity index (χ3v) is 2.13. The molecule has 1 aromatic rings. The predicted octanol–water partition coefficient (Wildman–Crippen LogP) is 1.67. The molecule has 0 unspecified atom stereocenters. The quantitative estimate of drug-likeness (QED) is 0.609. The first kappa shape index (κ1) is 12.5. The average Bonchev–Trinajstić information content (AvgIpc) is 2.24. The number of aromatic hydroxyl groups is 1. The molecule has 0 fully saturated rings. The molecule has 4 nitrogen and oxygen atoms in total. The van der Waals surface area contributed by atoms with Crippen molar-refractivity contribution in [1.29, 1.82) is 0 Å². The first-order valence-electron chi connectivity index (χ1n) is 4.85. The van der Waals surface area contributed by atoms with E-state index in [4.69, 9.17) is 16.7 Å². The van der Waals surface area contributed by atoms with Gasteiger partial charge in [-0.3, -0.25) is 9.59 Å². The average molecular weight is 242 g/mol. The third kappa shape index (κ3) is 4.31. The summed E-state index contributed by atoms with van der Waals surface area (Å²) in [5.74, 6) is -0.235. The Bertz CT molecular complexity index is 393. The fraction of sp³-hybridized carbons (Fsp3) is 0.273. The Morgan fingerprint density at radius 2 is 2.12 bits per heavy atom. The van der Waals surface area contributed by atoms with Crippen molar-refractivity contribution in [3.8, 4) is 5.75 Å². The van der Waals surface area contributed by atoms with Gasteiger partial charge in [0.05, 0.1) is 0 Å². The molecule has 1 rings (SSSR count). The van der Waals surface area contributed by atoms with E-state index in [9.17, 15) is 9.59 Å². The van der Waals surface area contributed by atoms with Gasteiger partial charge in [-0.1, -0.05) is 6.07 Å². The standard InChI is InChI=1S/C11H12ClNO3/c12-10(15)5-2-6-13-11(16)8-3-1-4-9(14)7-8/h1,3-4,7,14H,2,5-6H2,(H,13,16). The molecule has 0 atom stereocenters. The van der Waals surface area contributed by atoms with Gasteiger partial charge in [0.15, 0.2) is 0 Å². The van der Waals surface area contributed by atoms with E-state index in [1.807, 2.05) is 0 Å². The molecule has 86 valence electrons. The molecule has 5 heteroatoms. The maximum Gasteiger partial charge on any atom is 0.251 e. The van der Waals surface area contributed by atoms with Crippen LogP contribution >= 0.6 is 11.6 Å². The molecule has 2 N–H and O–H groups in total. The molecular formula is C11H12ClNO3. The molecule has 1 aromatic carbocycles. The minimum Gasteiger partial charge on any atom is -0.508 e. The lowest BCUT2D eigenvalue weighted by atomic mass is 10.2. The largest absolute Gasteiger partial charge is 0.508 e. The summed E-state index contributed by atoms with van der Waals surface area (Å²) in [5, 5.41) is 11.4. The second kappa shape index (κ2) is 6.12. The SMILES string of the molecule is O=C(Cl)CCCNC(=O)c1cccc(O)c1. The Balaban J connectivity index is 2.38. The monoisotopic (exact) mass is 241 g/mol. The van der Waals surface area contributed by atoms with Gasteiger partial charge in [0.25, 0.3) is 5.91 Å². The molecular weight excluding hydrogens is 230 g/mol. The number of benzene rings is 1. The van der Waals surface area contributed by atoms with Gasteiger partial charge in [-0.15, -0.1) is 0 Å². The first-order valence-corrected chi connectivity index (χ1v) is 5.23. The number of hydrogen-bond acceptors (Lipinski definition) is 3. The summed E-state index contributed by atoms with van der Waals surface area (Å²) in [5.41, 5.74) is 0.386. The van der Waals surface area contributed by atoms with Crippen molar-refractivity contribution in [2.75, 3.05) is 6.54 Å². The Labute approximate surface area is 98.2 Å². The van der Waals surface area contributed by atoms with E-state index in [1.54, 1.807) is 12.1 Å². The van der Waals surface area contributed by atoms with Crippen LogP contribution in [0.3, 0.4) is 0 Å². The van der Waals surface area contributed by atoms with Crippen LogP contribution in [0.4, 0.5) is 0 Å². The molecule has 16 heavy (non-hydrogen) atoms. The molecule has 0 aliphatic rings. The molecule has 0 spiro atoms. The Hall–Kier alpha value is -1.55. The van der Waals surface area contributed by atoms with E-state index < -0.39 is 5.24 Å². The Kier molecular flexibility index (Phi) is 4.79. The Morgan fingerprint density at radius 1 is 1.38 bits per heavy atom. The zero-order valence-electron chi connectivity index (χ0n) is 8.57. The zero-order valence-corrected chi connectivity index (χ0v) is 9.33. The molecule has 0 saturated carbocycles. The van der Waals surface area contributed by atoms with Crippen LogP contribution in [0.2, 0.25) is 0 Å². The van der Waals surface area contributed by atoms with E-state index >= 15 is 0 Å². The lowest BCUT2D eigenvalue weighted by Gasteiger charge is -2.04. The van der Waals surface area contributed by atoms with Gasteiger partial charge in [-0.2, -0.15) is 0 Å². The van der Waals surface area contributed by atoms with Crippen molar-refractivity contribution in [1.82, 2.24) is 5.32 Å². The highest BCUT2D eigenvalue weighted by atomic mass is 35.5.